The van der Waals surface area contributed by atoms with Crippen molar-refractivity contribution in [3.63, 3.8) is 0 Å². The van der Waals surface area contributed by atoms with Crippen LogP contribution in [-0.2, 0) is 0 Å². The van der Waals surface area contributed by atoms with Crippen molar-refractivity contribution < 1.29 is 23.4 Å². The molecule has 0 aliphatic carbocycles. The minimum absolute atomic E-state index is 0.0434. The van der Waals surface area contributed by atoms with E-state index in [1.54, 1.807) is 24.3 Å². The Kier molecular flexibility index (Phi) is 8.30. The molecule has 0 atom stereocenters. The van der Waals surface area contributed by atoms with E-state index >= 15 is 0 Å². The summed E-state index contributed by atoms with van der Waals surface area (Å²) < 4.78 is 30.4. The number of nitrogens with zero attached hydrogens (tertiary/aromatic N) is 2. The van der Waals surface area contributed by atoms with Crippen LogP contribution in [-0.4, -0.2) is 55.1 Å². The van der Waals surface area contributed by atoms with Crippen LogP contribution in [0.5, 0.6) is 17.2 Å². The molecule has 3 aromatic rings. The first-order chi connectivity index (χ1) is 17.5. The maximum absolute atomic E-state index is 13.2. The molecule has 1 aromatic heterocycles. The van der Waals surface area contributed by atoms with Crippen molar-refractivity contribution in [2.24, 2.45) is 0 Å². The Morgan fingerprint density at radius 2 is 1.61 bits per heavy atom. The zero-order valence-corrected chi connectivity index (χ0v) is 21.0. The number of ether oxygens (including phenoxy) is 3. The van der Waals surface area contributed by atoms with E-state index in [2.05, 4.69) is 20.4 Å². The molecule has 2 aromatic carbocycles. The third-order valence-corrected chi connectivity index (χ3v) is 6.05. The smallest absolute Gasteiger partial charge is 0.251 e. The third kappa shape index (κ3) is 5.90. The summed E-state index contributed by atoms with van der Waals surface area (Å²) in [5.74, 6) is 1.92. The second-order valence-electron chi connectivity index (χ2n) is 8.48. The average Bonchev–Trinajstić information content (AvgIpc) is 3.37. The lowest BCUT2D eigenvalue weighted by molar-refractivity contribution is 0.0930. The molecule has 4 rings (SSSR count). The van der Waals surface area contributed by atoms with Crippen LogP contribution in [0.3, 0.4) is 0 Å². The molecule has 1 saturated heterocycles. The summed E-state index contributed by atoms with van der Waals surface area (Å²) >= 11 is 0. The summed E-state index contributed by atoms with van der Waals surface area (Å²) in [4.78, 5) is 15.3. The third-order valence-electron chi connectivity index (χ3n) is 6.05. The van der Waals surface area contributed by atoms with Crippen molar-refractivity contribution in [2.75, 3.05) is 37.8 Å². The van der Waals surface area contributed by atoms with Gasteiger partial charge in [0.05, 0.1) is 25.5 Å². The molecule has 192 valence electrons. The molecule has 0 spiro atoms. The van der Waals surface area contributed by atoms with Crippen LogP contribution in [0.15, 0.2) is 42.5 Å². The van der Waals surface area contributed by atoms with Gasteiger partial charge in [0, 0.05) is 30.8 Å². The van der Waals surface area contributed by atoms with Gasteiger partial charge in [0.1, 0.15) is 5.82 Å². The predicted octanol–water partition coefficient (Wildman–Crippen LogP) is 4.81. The standard InChI is InChI=1S/C27H33FN4O4/c1-4-34-23-15-19(16-24(35-5-2)26(23)36-6-3)27(33)29-21-11-13-32(14-12-21)25-17-22(30-31-25)18-7-9-20(28)10-8-18/h7-10,15-17,21H,4-6,11-14H2,1-3H3,(H,29,33)(H,30,31). The number of halogens is 1. The van der Waals surface area contributed by atoms with Crippen molar-refractivity contribution in [2.45, 2.75) is 39.7 Å². The number of benzene rings is 2. The summed E-state index contributed by atoms with van der Waals surface area (Å²) in [7, 11) is 0. The Balaban J connectivity index is 1.39. The maximum Gasteiger partial charge on any atom is 0.251 e. The van der Waals surface area contributed by atoms with Crippen LogP contribution in [0.1, 0.15) is 44.0 Å². The lowest BCUT2D eigenvalue weighted by atomic mass is 10.0. The quantitative estimate of drug-likeness (QED) is 0.419. The highest BCUT2D eigenvalue weighted by molar-refractivity contribution is 5.95. The number of rotatable bonds is 10. The van der Waals surface area contributed by atoms with Crippen LogP contribution in [0.4, 0.5) is 10.2 Å². The number of carbonyl (C=O) groups is 1. The van der Waals surface area contributed by atoms with Gasteiger partial charge in [-0.15, -0.1) is 0 Å². The van der Waals surface area contributed by atoms with Crippen molar-refractivity contribution in [1.29, 1.82) is 0 Å². The first kappa shape index (κ1) is 25.3. The van der Waals surface area contributed by atoms with Gasteiger partial charge in [-0.05, 0) is 75.6 Å². The Labute approximate surface area is 210 Å². The van der Waals surface area contributed by atoms with Crippen LogP contribution < -0.4 is 24.4 Å². The molecule has 0 bridgehead atoms. The predicted molar refractivity (Wildman–Crippen MR) is 137 cm³/mol. The molecule has 0 saturated carbocycles. The number of nitrogens with one attached hydrogen (secondary N) is 2. The van der Waals surface area contributed by atoms with Gasteiger partial charge in [-0.2, -0.15) is 5.10 Å². The molecule has 2 N–H and O–H groups in total. The number of amides is 1. The van der Waals surface area contributed by atoms with E-state index < -0.39 is 0 Å². The molecule has 2 heterocycles. The Bertz CT molecular complexity index is 1130. The minimum atomic E-state index is -0.268. The number of aromatic amines is 1. The molecule has 0 radical (unpaired) electrons. The topological polar surface area (TPSA) is 88.7 Å². The molecule has 1 aliphatic rings. The maximum atomic E-state index is 13.2. The Morgan fingerprint density at radius 3 is 2.19 bits per heavy atom. The summed E-state index contributed by atoms with van der Waals surface area (Å²) in [6.45, 7) is 8.55. The fourth-order valence-corrected chi connectivity index (χ4v) is 4.29. The van der Waals surface area contributed by atoms with Crippen molar-refractivity contribution in [3.05, 3.63) is 53.8 Å². The lowest BCUT2D eigenvalue weighted by Crippen LogP contribution is -2.44. The van der Waals surface area contributed by atoms with Gasteiger partial charge in [0.15, 0.2) is 17.3 Å². The molecule has 1 fully saturated rings. The Hall–Kier alpha value is -3.75. The van der Waals surface area contributed by atoms with Crippen molar-refractivity contribution in [3.8, 4) is 28.5 Å². The fourth-order valence-electron chi connectivity index (χ4n) is 4.29. The summed E-state index contributed by atoms with van der Waals surface area (Å²) in [5, 5.41) is 10.6. The van der Waals surface area contributed by atoms with E-state index in [9.17, 15) is 9.18 Å². The van der Waals surface area contributed by atoms with Gasteiger partial charge in [0.25, 0.3) is 5.91 Å². The van der Waals surface area contributed by atoms with E-state index in [4.69, 9.17) is 14.2 Å². The number of anilines is 1. The van der Waals surface area contributed by atoms with E-state index in [0.29, 0.717) is 42.6 Å². The van der Waals surface area contributed by atoms with E-state index in [1.807, 2.05) is 26.8 Å². The highest BCUT2D eigenvalue weighted by Gasteiger charge is 2.24. The second-order valence-corrected chi connectivity index (χ2v) is 8.48. The molecule has 36 heavy (non-hydrogen) atoms. The average molecular weight is 497 g/mol. The highest BCUT2D eigenvalue weighted by atomic mass is 19.1. The molecular formula is C27H33FN4O4. The first-order valence-corrected chi connectivity index (χ1v) is 12.5. The van der Waals surface area contributed by atoms with Gasteiger partial charge in [-0.3, -0.25) is 9.89 Å². The molecule has 1 aliphatic heterocycles. The molecule has 0 unspecified atom stereocenters. The van der Waals surface area contributed by atoms with Crippen molar-refractivity contribution >= 4 is 11.7 Å². The molecule has 9 heteroatoms. The number of hydrogen-bond acceptors (Lipinski definition) is 6. The van der Waals surface area contributed by atoms with Crippen LogP contribution in [0.2, 0.25) is 0 Å². The van der Waals surface area contributed by atoms with Crippen molar-refractivity contribution in [1.82, 2.24) is 15.5 Å². The zero-order chi connectivity index (χ0) is 25.5. The molecular weight excluding hydrogens is 463 g/mol. The summed E-state index contributed by atoms with van der Waals surface area (Å²) in [5.41, 5.74) is 2.20. The summed E-state index contributed by atoms with van der Waals surface area (Å²) in [6.07, 6.45) is 1.58. The van der Waals surface area contributed by atoms with E-state index in [1.165, 1.54) is 12.1 Å². The first-order valence-electron chi connectivity index (χ1n) is 12.5. The zero-order valence-electron chi connectivity index (χ0n) is 21.0. The highest BCUT2D eigenvalue weighted by Crippen LogP contribution is 2.39. The number of carbonyl (C=O) groups excluding carboxylic acids is 1. The van der Waals surface area contributed by atoms with Gasteiger partial charge < -0.3 is 24.4 Å². The van der Waals surface area contributed by atoms with Gasteiger partial charge in [-0.25, -0.2) is 4.39 Å². The van der Waals surface area contributed by atoms with Gasteiger partial charge in [-0.1, -0.05) is 0 Å². The van der Waals surface area contributed by atoms with E-state index in [-0.39, 0.29) is 17.8 Å². The minimum Gasteiger partial charge on any atom is -0.490 e. The van der Waals surface area contributed by atoms with Crippen LogP contribution in [0, 0.1) is 5.82 Å². The number of aromatic nitrogens is 2. The fraction of sp³-hybridized carbons (Fsp3) is 0.407. The summed E-state index contributed by atoms with van der Waals surface area (Å²) in [6, 6.07) is 11.8. The van der Waals surface area contributed by atoms with Crippen LogP contribution >= 0.6 is 0 Å². The Morgan fingerprint density at radius 1 is 1.00 bits per heavy atom. The number of piperidine rings is 1. The van der Waals surface area contributed by atoms with Gasteiger partial charge >= 0.3 is 0 Å². The molecule has 1 amide bonds. The normalized spacial score (nSPS) is 13.9. The van der Waals surface area contributed by atoms with Gasteiger partial charge in [0.2, 0.25) is 5.75 Å². The molecule has 8 nitrogen and oxygen atoms in total. The number of hydrogen-bond donors (Lipinski definition) is 2. The van der Waals surface area contributed by atoms with Crippen LogP contribution in [0.25, 0.3) is 11.3 Å². The monoisotopic (exact) mass is 496 g/mol. The number of H-pyrrole nitrogens is 1. The largest absolute Gasteiger partial charge is 0.490 e. The SMILES string of the molecule is CCOc1cc(C(=O)NC2CCN(c3cc(-c4ccc(F)cc4)[nH]n3)CC2)cc(OCC)c1OCC. The van der Waals surface area contributed by atoms with E-state index in [0.717, 1.165) is 43.0 Å². The lowest BCUT2D eigenvalue weighted by Gasteiger charge is -2.32. The second kappa shape index (κ2) is 11.8.